The first-order valence-corrected chi connectivity index (χ1v) is 12.5. The molecule has 0 saturated heterocycles. The summed E-state index contributed by atoms with van der Waals surface area (Å²) in [5.74, 6) is 0.364. The largest absolute Gasteiger partial charge is 0.495 e. The number of carbonyl (C=O) groups is 1. The van der Waals surface area contributed by atoms with Crippen molar-refractivity contribution in [1.82, 2.24) is 15.2 Å². The minimum atomic E-state index is -4.10. The minimum Gasteiger partial charge on any atom is -0.495 e. The number of aromatic nitrogens is 1. The van der Waals surface area contributed by atoms with Crippen molar-refractivity contribution < 1.29 is 27.4 Å². The summed E-state index contributed by atoms with van der Waals surface area (Å²) in [5, 5.41) is 3.19. The molecule has 0 spiro atoms. The van der Waals surface area contributed by atoms with Crippen LogP contribution >= 0.6 is 0 Å². The second kappa shape index (κ2) is 13.1. The molecule has 0 radical (unpaired) electrons. The Balaban J connectivity index is 2.26. The van der Waals surface area contributed by atoms with Gasteiger partial charge in [-0.2, -0.15) is 0 Å². The molecule has 0 atom stereocenters. The number of pyridine rings is 1. The predicted molar refractivity (Wildman–Crippen MR) is 130 cm³/mol. The molecule has 1 aromatic carbocycles. The number of methoxy groups -OCH3 is 1. The number of nitrogens with one attached hydrogen (secondary N) is 2. The molecular formula is C23H34N4O6S. The van der Waals surface area contributed by atoms with E-state index >= 15 is 0 Å². The summed E-state index contributed by atoms with van der Waals surface area (Å²) in [6.07, 6.45) is 2.82. The summed E-state index contributed by atoms with van der Waals surface area (Å²) in [7, 11) is -1.02. The van der Waals surface area contributed by atoms with Gasteiger partial charge >= 0.3 is 0 Å². The molecule has 11 heteroatoms. The Bertz CT molecular complexity index is 1050. The van der Waals surface area contributed by atoms with E-state index in [1.54, 1.807) is 7.05 Å². The van der Waals surface area contributed by atoms with Gasteiger partial charge in [0.05, 0.1) is 37.4 Å². The molecule has 0 unspecified atom stereocenters. The van der Waals surface area contributed by atoms with Crippen molar-refractivity contribution in [2.75, 3.05) is 51.8 Å². The van der Waals surface area contributed by atoms with Crippen molar-refractivity contribution in [2.45, 2.75) is 31.7 Å². The molecule has 0 fully saturated rings. The highest BCUT2D eigenvalue weighted by Gasteiger charge is 2.26. The number of carbonyl (C=O) groups excluding carboxylic acids is 1. The zero-order valence-electron chi connectivity index (χ0n) is 20.3. The first kappa shape index (κ1) is 27.4. The highest BCUT2D eigenvalue weighted by molar-refractivity contribution is 7.92. The van der Waals surface area contributed by atoms with Gasteiger partial charge in [0.25, 0.3) is 15.9 Å². The van der Waals surface area contributed by atoms with E-state index in [1.807, 2.05) is 20.8 Å². The number of hydrogen-bond acceptors (Lipinski definition) is 8. The number of benzene rings is 1. The maximum absolute atomic E-state index is 13.2. The van der Waals surface area contributed by atoms with Gasteiger partial charge in [0.1, 0.15) is 23.0 Å². The lowest BCUT2D eigenvalue weighted by Gasteiger charge is -2.23. The number of nitrogens with zero attached hydrogens (tertiary/aromatic N) is 2. The highest BCUT2D eigenvalue weighted by Crippen LogP contribution is 2.26. The Morgan fingerprint density at radius 1 is 1.12 bits per heavy atom. The van der Waals surface area contributed by atoms with Crippen LogP contribution in [0.1, 0.15) is 31.1 Å². The number of anilines is 1. The third kappa shape index (κ3) is 7.86. The summed E-state index contributed by atoms with van der Waals surface area (Å²) in [5.41, 5.74) is 0.231. The molecule has 0 aliphatic heterocycles. The molecule has 0 aliphatic carbocycles. The molecule has 188 valence electrons. The van der Waals surface area contributed by atoms with E-state index in [4.69, 9.17) is 14.2 Å². The van der Waals surface area contributed by atoms with Crippen LogP contribution in [0.15, 0.2) is 41.6 Å². The monoisotopic (exact) mass is 494 g/mol. The molecule has 0 bridgehead atoms. The second-order valence-corrected chi connectivity index (χ2v) is 9.33. The first-order chi connectivity index (χ1) is 16.2. The SMILES string of the molecule is CCOCCNCCOc1ccc(S(=O)(=O)Nc2cncc(OC)c2)c(C(=O)N(C)C(C)C)c1. The van der Waals surface area contributed by atoms with Gasteiger partial charge < -0.3 is 24.4 Å². The van der Waals surface area contributed by atoms with E-state index in [-0.39, 0.29) is 22.2 Å². The fourth-order valence-corrected chi connectivity index (χ4v) is 4.09. The zero-order chi connectivity index (χ0) is 25.1. The smallest absolute Gasteiger partial charge is 0.262 e. The maximum atomic E-state index is 13.2. The van der Waals surface area contributed by atoms with Gasteiger partial charge in [0.2, 0.25) is 0 Å². The lowest BCUT2D eigenvalue weighted by Crippen LogP contribution is -2.34. The van der Waals surface area contributed by atoms with Crippen LogP contribution in [-0.2, 0) is 14.8 Å². The first-order valence-electron chi connectivity index (χ1n) is 11.0. The molecule has 2 aromatic rings. The Hall–Kier alpha value is -2.89. The lowest BCUT2D eigenvalue weighted by atomic mass is 10.1. The van der Waals surface area contributed by atoms with E-state index < -0.39 is 15.9 Å². The van der Waals surface area contributed by atoms with Crippen molar-refractivity contribution in [3.63, 3.8) is 0 Å². The van der Waals surface area contributed by atoms with Crippen molar-refractivity contribution in [3.8, 4) is 11.5 Å². The van der Waals surface area contributed by atoms with Crippen LogP contribution in [-0.4, -0.2) is 77.3 Å². The molecule has 1 amide bonds. The minimum absolute atomic E-state index is 0.0151. The summed E-state index contributed by atoms with van der Waals surface area (Å²) < 4.78 is 45.0. The van der Waals surface area contributed by atoms with Crippen LogP contribution in [0.25, 0.3) is 0 Å². The average molecular weight is 495 g/mol. The van der Waals surface area contributed by atoms with Gasteiger partial charge in [-0.25, -0.2) is 8.42 Å². The molecule has 0 saturated carbocycles. The average Bonchev–Trinajstić information content (AvgIpc) is 2.82. The number of rotatable bonds is 14. The van der Waals surface area contributed by atoms with E-state index in [9.17, 15) is 13.2 Å². The molecule has 1 heterocycles. The summed E-state index contributed by atoms with van der Waals surface area (Å²) in [6, 6.07) is 5.74. The van der Waals surface area contributed by atoms with Gasteiger partial charge in [-0.1, -0.05) is 0 Å². The molecule has 0 aliphatic rings. The van der Waals surface area contributed by atoms with Crippen LogP contribution in [0.2, 0.25) is 0 Å². The van der Waals surface area contributed by atoms with Crippen LogP contribution in [0.4, 0.5) is 5.69 Å². The Labute approximate surface area is 201 Å². The highest BCUT2D eigenvalue weighted by atomic mass is 32.2. The summed E-state index contributed by atoms with van der Waals surface area (Å²) >= 11 is 0. The third-order valence-electron chi connectivity index (χ3n) is 4.94. The maximum Gasteiger partial charge on any atom is 0.262 e. The number of sulfonamides is 1. The number of hydrogen-bond donors (Lipinski definition) is 2. The molecule has 34 heavy (non-hydrogen) atoms. The van der Waals surface area contributed by atoms with E-state index in [1.165, 1.54) is 48.7 Å². The lowest BCUT2D eigenvalue weighted by molar-refractivity contribution is 0.0750. The van der Waals surface area contributed by atoms with Crippen molar-refractivity contribution in [2.24, 2.45) is 0 Å². The predicted octanol–water partition coefficient (Wildman–Crippen LogP) is 2.38. The summed E-state index contributed by atoms with van der Waals surface area (Å²) in [6.45, 7) is 8.53. The van der Waals surface area contributed by atoms with Gasteiger partial charge in [0, 0.05) is 38.9 Å². The van der Waals surface area contributed by atoms with E-state index in [0.29, 0.717) is 44.4 Å². The van der Waals surface area contributed by atoms with Crippen LogP contribution < -0.4 is 19.5 Å². The van der Waals surface area contributed by atoms with Crippen molar-refractivity contribution in [1.29, 1.82) is 0 Å². The molecular weight excluding hydrogens is 460 g/mol. The third-order valence-corrected chi connectivity index (χ3v) is 6.38. The van der Waals surface area contributed by atoms with Gasteiger partial charge in [0.15, 0.2) is 0 Å². The Morgan fingerprint density at radius 2 is 1.85 bits per heavy atom. The standard InChI is InChI=1S/C23H34N4O6S/c1-6-32-11-9-24-10-12-33-19-7-8-22(21(14-19)23(28)27(4)17(2)3)34(29,30)26-18-13-20(31-5)16-25-15-18/h7-8,13-17,24,26H,6,9-12H2,1-5H3. The summed E-state index contributed by atoms with van der Waals surface area (Å²) in [4.78, 5) is 18.4. The topological polar surface area (TPSA) is 119 Å². The fraction of sp³-hybridized carbons (Fsp3) is 0.478. The second-order valence-electron chi connectivity index (χ2n) is 7.68. The Kier molecular flexibility index (Phi) is 10.6. The molecule has 2 N–H and O–H groups in total. The van der Waals surface area contributed by atoms with Crippen molar-refractivity contribution >= 4 is 21.6 Å². The van der Waals surface area contributed by atoms with Crippen LogP contribution in [0, 0.1) is 0 Å². The number of amides is 1. The quantitative estimate of drug-likeness (QED) is 0.384. The van der Waals surface area contributed by atoms with Crippen LogP contribution in [0.5, 0.6) is 11.5 Å². The molecule has 2 rings (SSSR count). The van der Waals surface area contributed by atoms with Gasteiger partial charge in [-0.15, -0.1) is 0 Å². The van der Waals surface area contributed by atoms with Gasteiger partial charge in [-0.3, -0.25) is 14.5 Å². The van der Waals surface area contributed by atoms with E-state index in [2.05, 4.69) is 15.0 Å². The van der Waals surface area contributed by atoms with Gasteiger partial charge in [-0.05, 0) is 39.0 Å². The van der Waals surface area contributed by atoms with Crippen LogP contribution in [0.3, 0.4) is 0 Å². The Morgan fingerprint density at radius 3 is 2.53 bits per heavy atom. The zero-order valence-corrected chi connectivity index (χ0v) is 21.1. The van der Waals surface area contributed by atoms with Crippen molar-refractivity contribution in [3.05, 3.63) is 42.2 Å². The normalized spacial score (nSPS) is 11.4. The van der Waals surface area contributed by atoms with E-state index in [0.717, 1.165) is 0 Å². The molecule has 10 nitrogen and oxygen atoms in total. The number of ether oxygens (including phenoxy) is 3. The fourth-order valence-electron chi connectivity index (χ4n) is 2.88. The molecule has 1 aromatic heterocycles.